The molecule has 1 aromatic heterocycles. The quantitative estimate of drug-likeness (QED) is 0.675. The van der Waals surface area contributed by atoms with Crippen molar-refractivity contribution in [2.75, 3.05) is 7.11 Å². The molecular formula is C10H16N2O2. The van der Waals surface area contributed by atoms with E-state index < -0.39 is 0 Å². The maximum atomic E-state index is 11.2. The lowest BCUT2D eigenvalue weighted by molar-refractivity contribution is 0.100. The Morgan fingerprint density at radius 3 is 2.79 bits per heavy atom. The molecule has 0 N–H and O–H groups in total. The van der Waals surface area contributed by atoms with Crippen LogP contribution in [0.2, 0.25) is 0 Å². The van der Waals surface area contributed by atoms with Crippen LogP contribution in [0, 0.1) is 0 Å². The van der Waals surface area contributed by atoms with E-state index in [0.717, 1.165) is 19.4 Å². The Balaban J connectivity index is 2.83. The minimum atomic E-state index is -0.0582. The first-order valence-corrected chi connectivity index (χ1v) is 4.81. The molecule has 0 fully saturated rings. The van der Waals surface area contributed by atoms with Crippen LogP contribution in [0.15, 0.2) is 6.20 Å². The molecule has 0 unspecified atom stereocenters. The fraction of sp³-hybridized carbons (Fsp3) is 0.600. The Morgan fingerprint density at radius 1 is 1.64 bits per heavy atom. The fourth-order valence-electron chi connectivity index (χ4n) is 1.23. The lowest BCUT2D eigenvalue weighted by atomic mass is 10.3. The summed E-state index contributed by atoms with van der Waals surface area (Å²) >= 11 is 0. The van der Waals surface area contributed by atoms with Crippen LogP contribution in [0.1, 0.15) is 37.2 Å². The van der Waals surface area contributed by atoms with E-state index in [9.17, 15) is 4.79 Å². The first-order chi connectivity index (χ1) is 6.69. The van der Waals surface area contributed by atoms with Crippen molar-refractivity contribution in [3.8, 4) is 5.75 Å². The number of nitrogens with zero attached hydrogens (tertiary/aromatic N) is 2. The van der Waals surface area contributed by atoms with Crippen molar-refractivity contribution in [1.29, 1.82) is 0 Å². The maximum absolute atomic E-state index is 11.2. The number of Topliss-reactive ketones (excluding diaryl/α,β-unsaturated/α-hetero) is 1. The molecule has 1 rings (SSSR count). The highest BCUT2D eigenvalue weighted by molar-refractivity contribution is 5.94. The van der Waals surface area contributed by atoms with E-state index in [1.807, 2.05) is 0 Å². The van der Waals surface area contributed by atoms with Crippen LogP contribution < -0.4 is 4.74 Å². The van der Waals surface area contributed by atoms with Gasteiger partial charge in [0, 0.05) is 13.5 Å². The number of carbonyl (C=O) groups excluding carboxylic acids is 1. The number of aromatic nitrogens is 2. The molecule has 14 heavy (non-hydrogen) atoms. The third kappa shape index (κ3) is 2.34. The summed E-state index contributed by atoms with van der Waals surface area (Å²) in [5, 5.41) is 4.16. The van der Waals surface area contributed by atoms with Crippen LogP contribution >= 0.6 is 0 Å². The van der Waals surface area contributed by atoms with E-state index in [-0.39, 0.29) is 5.78 Å². The molecule has 0 aliphatic carbocycles. The van der Waals surface area contributed by atoms with E-state index in [2.05, 4.69) is 12.0 Å². The van der Waals surface area contributed by atoms with E-state index in [1.165, 1.54) is 6.92 Å². The molecule has 0 aliphatic rings. The number of aryl methyl sites for hydroxylation is 1. The number of hydrogen-bond acceptors (Lipinski definition) is 3. The van der Waals surface area contributed by atoms with Crippen molar-refractivity contribution in [2.24, 2.45) is 0 Å². The molecule has 0 saturated carbocycles. The number of ether oxygens (including phenoxy) is 1. The normalized spacial score (nSPS) is 10.2. The van der Waals surface area contributed by atoms with Gasteiger partial charge in [0.1, 0.15) is 0 Å². The smallest absolute Gasteiger partial charge is 0.183 e. The second kappa shape index (κ2) is 4.79. The second-order valence-electron chi connectivity index (χ2n) is 3.22. The standard InChI is InChI=1S/C10H16N2O2/c1-4-5-6-12-7-9(14-3)10(11-12)8(2)13/h7H,4-6H2,1-3H3. The van der Waals surface area contributed by atoms with Gasteiger partial charge in [0.2, 0.25) is 0 Å². The molecule has 0 bridgehead atoms. The molecule has 4 nitrogen and oxygen atoms in total. The largest absolute Gasteiger partial charge is 0.493 e. The summed E-state index contributed by atoms with van der Waals surface area (Å²) in [6.45, 7) is 4.45. The van der Waals surface area contributed by atoms with Gasteiger partial charge in [-0.2, -0.15) is 5.10 Å². The molecule has 1 aromatic rings. The van der Waals surface area contributed by atoms with Gasteiger partial charge in [0.05, 0.1) is 13.3 Å². The summed E-state index contributed by atoms with van der Waals surface area (Å²) in [6, 6.07) is 0. The van der Waals surface area contributed by atoms with E-state index in [0.29, 0.717) is 11.4 Å². The first-order valence-electron chi connectivity index (χ1n) is 4.81. The summed E-state index contributed by atoms with van der Waals surface area (Å²) in [7, 11) is 1.55. The first kappa shape index (κ1) is 10.8. The molecular weight excluding hydrogens is 180 g/mol. The predicted molar refractivity (Wildman–Crippen MR) is 53.7 cm³/mol. The minimum Gasteiger partial charge on any atom is -0.493 e. The zero-order chi connectivity index (χ0) is 10.6. The van der Waals surface area contributed by atoms with Crippen molar-refractivity contribution < 1.29 is 9.53 Å². The van der Waals surface area contributed by atoms with E-state index in [4.69, 9.17) is 4.74 Å². The van der Waals surface area contributed by atoms with Crippen LogP contribution in [0.3, 0.4) is 0 Å². The molecule has 0 radical (unpaired) electrons. The van der Waals surface area contributed by atoms with Crippen LogP contribution in [0.25, 0.3) is 0 Å². The third-order valence-electron chi connectivity index (χ3n) is 2.02. The third-order valence-corrected chi connectivity index (χ3v) is 2.02. The summed E-state index contributed by atoms with van der Waals surface area (Å²) < 4.78 is 6.83. The minimum absolute atomic E-state index is 0.0582. The molecule has 0 saturated heterocycles. The monoisotopic (exact) mass is 196 g/mol. The fourth-order valence-corrected chi connectivity index (χ4v) is 1.23. The molecule has 1 heterocycles. The van der Waals surface area contributed by atoms with Crippen LogP contribution in [0.4, 0.5) is 0 Å². The number of carbonyl (C=O) groups is 1. The Labute approximate surface area is 83.9 Å². The van der Waals surface area contributed by atoms with Crippen molar-refractivity contribution in [1.82, 2.24) is 9.78 Å². The van der Waals surface area contributed by atoms with Crippen LogP contribution in [-0.4, -0.2) is 22.7 Å². The van der Waals surface area contributed by atoms with Crippen LogP contribution in [-0.2, 0) is 6.54 Å². The highest BCUT2D eigenvalue weighted by Gasteiger charge is 2.12. The Morgan fingerprint density at radius 2 is 2.36 bits per heavy atom. The second-order valence-corrected chi connectivity index (χ2v) is 3.22. The van der Waals surface area contributed by atoms with Gasteiger partial charge >= 0.3 is 0 Å². The molecule has 0 aliphatic heterocycles. The molecule has 0 atom stereocenters. The highest BCUT2D eigenvalue weighted by atomic mass is 16.5. The van der Waals surface area contributed by atoms with Gasteiger partial charge in [-0.1, -0.05) is 13.3 Å². The summed E-state index contributed by atoms with van der Waals surface area (Å²) in [6.07, 6.45) is 3.94. The van der Waals surface area contributed by atoms with Crippen LogP contribution in [0.5, 0.6) is 5.75 Å². The number of ketones is 1. The molecule has 0 spiro atoms. The topological polar surface area (TPSA) is 44.1 Å². The zero-order valence-corrected chi connectivity index (χ0v) is 8.91. The predicted octanol–water partition coefficient (Wildman–Crippen LogP) is 1.89. The summed E-state index contributed by atoms with van der Waals surface area (Å²) in [5.74, 6) is 0.505. The number of methoxy groups -OCH3 is 1. The lowest BCUT2D eigenvalue weighted by Crippen LogP contribution is -2.01. The lowest BCUT2D eigenvalue weighted by Gasteiger charge is -1.96. The molecule has 4 heteroatoms. The molecule has 0 amide bonds. The maximum Gasteiger partial charge on any atom is 0.183 e. The highest BCUT2D eigenvalue weighted by Crippen LogP contribution is 2.16. The average molecular weight is 196 g/mol. The summed E-state index contributed by atoms with van der Waals surface area (Å²) in [5.41, 5.74) is 0.420. The van der Waals surface area contributed by atoms with Gasteiger partial charge in [-0.25, -0.2) is 0 Å². The van der Waals surface area contributed by atoms with Crippen molar-refractivity contribution in [3.63, 3.8) is 0 Å². The molecule has 0 aromatic carbocycles. The van der Waals surface area contributed by atoms with Gasteiger partial charge in [-0.3, -0.25) is 9.48 Å². The van der Waals surface area contributed by atoms with Gasteiger partial charge in [-0.15, -0.1) is 0 Å². The zero-order valence-electron chi connectivity index (χ0n) is 8.91. The van der Waals surface area contributed by atoms with Crippen molar-refractivity contribution in [3.05, 3.63) is 11.9 Å². The van der Waals surface area contributed by atoms with Gasteiger partial charge in [-0.05, 0) is 6.42 Å². The Hall–Kier alpha value is -1.32. The number of unbranched alkanes of at least 4 members (excludes halogenated alkanes) is 1. The van der Waals surface area contributed by atoms with Gasteiger partial charge < -0.3 is 4.74 Å². The van der Waals surface area contributed by atoms with Gasteiger partial charge in [0.15, 0.2) is 17.2 Å². The van der Waals surface area contributed by atoms with E-state index in [1.54, 1.807) is 18.0 Å². The van der Waals surface area contributed by atoms with Gasteiger partial charge in [0.25, 0.3) is 0 Å². The number of rotatable bonds is 5. The SMILES string of the molecule is CCCCn1cc(OC)c(C(C)=O)n1. The Kier molecular flexibility index (Phi) is 3.68. The number of hydrogen-bond donors (Lipinski definition) is 0. The van der Waals surface area contributed by atoms with Crippen molar-refractivity contribution >= 4 is 5.78 Å². The molecule has 78 valence electrons. The van der Waals surface area contributed by atoms with E-state index >= 15 is 0 Å². The average Bonchev–Trinajstić information content (AvgIpc) is 2.57. The summed E-state index contributed by atoms with van der Waals surface area (Å²) in [4.78, 5) is 11.2. The Bertz CT molecular complexity index is 318. The van der Waals surface area contributed by atoms with Crippen molar-refractivity contribution in [2.45, 2.75) is 33.2 Å².